The highest BCUT2D eigenvalue weighted by Crippen LogP contribution is 2.25. The fraction of sp³-hybridized carbons (Fsp3) is 0.545. The van der Waals surface area contributed by atoms with Crippen molar-refractivity contribution in [1.82, 2.24) is 10.3 Å². The molecule has 0 aliphatic carbocycles. The van der Waals surface area contributed by atoms with Gasteiger partial charge >= 0.3 is 5.97 Å². The molecular weight excluding hydrogens is 240 g/mol. The van der Waals surface area contributed by atoms with E-state index in [1.54, 1.807) is 5.38 Å². The fourth-order valence-corrected chi connectivity index (χ4v) is 1.98. The van der Waals surface area contributed by atoms with Gasteiger partial charge in [-0.15, -0.1) is 11.3 Å². The third kappa shape index (κ3) is 4.14. The van der Waals surface area contributed by atoms with Crippen LogP contribution in [0.25, 0.3) is 0 Å². The summed E-state index contributed by atoms with van der Waals surface area (Å²) in [5.74, 6) is -1.25. The fourth-order valence-electron chi connectivity index (χ4n) is 1.10. The number of rotatable bonds is 4. The molecule has 1 aromatic rings. The van der Waals surface area contributed by atoms with E-state index in [1.807, 2.05) is 20.8 Å². The van der Waals surface area contributed by atoms with Crippen LogP contribution in [0.2, 0.25) is 0 Å². The molecule has 0 radical (unpaired) electrons. The number of thiazole rings is 1. The normalized spacial score (nSPS) is 11.2. The van der Waals surface area contributed by atoms with Gasteiger partial charge in [-0.2, -0.15) is 0 Å². The summed E-state index contributed by atoms with van der Waals surface area (Å²) in [5, 5.41) is 13.5. The van der Waals surface area contributed by atoms with Crippen LogP contribution in [-0.4, -0.2) is 28.5 Å². The van der Waals surface area contributed by atoms with E-state index in [4.69, 9.17) is 5.11 Å². The number of amides is 1. The minimum atomic E-state index is -0.932. The van der Waals surface area contributed by atoms with E-state index in [9.17, 15) is 9.59 Å². The molecule has 1 heterocycles. The number of hydrogen-bond acceptors (Lipinski definition) is 4. The predicted octanol–water partition coefficient (Wildman–Crippen LogP) is 1.65. The van der Waals surface area contributed by atoms with Crippen molar-refractivity contribution in [2.45, 2.75) is 32.6 Å². The molecule has 0 aromatic carbocycles. The molecule has 0 bridgehead atoms. The Morgan fingerprint density at radius 3 is 2.59 bits per heavy atom. The highest BCUT2D eigenvalue weighted by atomic mass is 32.1. The number of carboxylic acid groups (broad SMARTS) is 1. The third-order valence-corrected chi connectivity index (χ3v) is 3.27. The lowest BCUT2D eigenvalue weighted by atomic mass is 9.98. The van der Waals surface area contributed by atoms with E-state index in [0.29, 0.717) is 5.69 Å². The molecule has 5 nitrogen and oxygen atoms in total. The maximum atomic E-state index is 11.6. The van der Waals surface area contributed by atoms with Gasteiger partial charge in [0.1, 0.15) is 5.69 Å². The van der Waals surface area contributed by atoms with Gasteiger partial charge in [-0.25, -0.2) is 4.98 Å². The number of nitrogens with one attached hydrogen (secondary N) is 1. The standard InChI is InChI=1S/C11H16N2O3S/c1-11(2,3)10-13-7(6-17-10)9(16)12-5-4-8(14)15/h6H,4-5H2,1-3H3,(H,12,16)(H,14,15). The van der Waals surface area contributed by atoms with Crippen LogP contribution in [0, 0.1) is 0 Å². The van der Waals surface area contributed by atoms with E-state index in [-0.39, 0.29) is 24.3 Å². The van der Waals surface area contributed by atoms with Crippen molar-refractivity contribution in [1.29, 1.82) is 0 Å². The molecule has 0 atom stereocenters. The van der Waals surface area contributed by atoms with Gasteiger partial charge in [0.2, 0.25) is 0 Å². The number of carboxylic acids is 1. The molecule has 1 aromatic heterocycles. The molecule has 0 spiro atoms. The summed E-state index contributed by atoms with van der Waals surface area (Å²) in [7, 11) is 0. The summed E-state index contributed by atoms with van der Waals surface area (Å²) >= 11 is 1.44. The van der Waals surface area contributed by atoms with Gasteiger partial charge in [0.25, 0.3) is 5.91 Å². The smallest absolute Gasteiger partial charge is 0.305 e. The lowest BCUT2D eigenvalue weighted by Gasteiger charge is -2.13. The first-order valence-corrected chi connectivity index (χ1v) is 6.14. The first-order valence-electron chi connectivity index (χ1n) is 5.26. The molecular formula is C11H16N2O3S. The molecule has 0 saturated heterocycles. The lowest BCUT2D eigenvalue weighted by molar-refractivity contribution is -0.136. The molecule has 0 unspecified atom stereocenters. The van der Waals surface area contributed by atoms with Crippen molar-refractivity contribution >= 4 is 23.2 Å². The Kier molecular flexibility index (Phi) is 4.22. The number of nitrogens with zero attached hydrogens (tertiary/aromatic N) is 1. The van der Waals surface area contributed by atoms with Gasteiger partial charge in [-0.3, -0.25) is 9.59 Å². The summed E-state index contributed by atoms with van der Waals surface area (Å²) in [4.78, 5) is 26.1. The summed E-state index contributed by atoms with van der Waals surface area (Å²) in [6.07, 6.45) is -0.0813. The Morgan fingerprint density at radius 1 is 1.47 bits per heavy atom. The predicted molar refractivity (Wildman–Crippen MR) is 65.4 cm³/mol. The van der Waals surface area contributed by atoms with Crippen LogP contribution in [0.3, 0.4) is 0 Å². The Balaban J connectivity index is 2.58. The zero-order valence-corrected chi connectivity index (χ0v) is 10.9. The minimum absolute atomic E-state index is 0.0791. The van der Waals surface area contributed by atoms with E-state index >= 15 is 0 Å². The molecule has 0 saturated carbocycles. The van der Waals surface area contributed by atoms with Crippen molar-refractivity contribution < 1.29 is 14.7 Å². The van der Waals surface area contributed by atoms with E-state index in [0.717, 1.165) is 5.01 Å². The average molecular weight is 256 g/mol. The van der Waals surface area contributed by atoms with Crippen molar-refractivity contribution in [3.8, 4) is 0 Å². The van der Waals surface area contributed by atoms with Gasteiger partial charge in [0, 0.05) is 17.3 Å². The molecule has 0 aliphatic rings. The summed E-state index contributed by atoms with van der Waals surface area (Å²) < 4.78 is 0. The number of carbonyl (C=O) groups excluding carboxylic acids is 1. The molecule has 2 N–H and O–H groups in total. The summed E-state index contributed by atoms with van der Waals surface area (Å²) in [5.41, 5.74) is 0.273. The van der Waals surface area contributed by atoms with Gasteiger partial charge in [0.15, 0.2) is 0 Å². The van der Waals surface area contributed by atoms with Gasteiger partial charge in [0.05, 0.1) is 11.4 Å². The average Bonchev–Trinajstić information content (AvgIpc) is 2.64. The van der Waals surface area contributed by atoms with Crippen LogP contribution in [-0.2, 0) is 10.2 Å². The van der Waals surface area contributed by atoms with Crippen LogP contribution in [0.4, 0.5) is 0 Å². The second-order valence-corrected chi connectivity index (χ2v) is 5.55. The van der Waals surface area contributed by atoms with Crippen LogP contribution in [0.5, 0.6) is 0 Å². The minimum Gasteiger partial charge on any atom is -0.481 e. The molecule has 17 heavy (non-hydrogen) atoms. The van der Waals surface area contributed by atoms with E-state index in [1.165, 1.54) is 11.3 Å². The first kappa shape index (κ1) is 13.6. The Morgan fingerprint density at radius 2 is 2.12 bits per heavy atom. The Bertz CT molecular complexity index is 421. The maximum absolute atomic E-state index is 11.6. The summed E-state index contributed by atoms with van der Waals surface area (Å²) in [6, 6.07) is 0. The quantitative estimate of drug-likeness (QED) is 0.858. The molecule has 1 rings (SSSR count). The maximum Gasteiger partial charge on any atom is 0.305 e. The lowest BCUT2D eigenvalue weighted by Crippen LogP contribution is -2.26. The van der Waals surface area contributed by atoms with Gasteiger partial charge in [-0.1, -0.05) is 20.8 Å². The van der Waals surface area contributed by atoms with E-state index < -0.39 is 5.97 Å². The second-order valence-electron chi connectivity index (χ2n) is 4.69. The van der Waals surface area contributed by atoms with Crippen LogP contribution in [0.15, 0.2) is 5.38 Å². The number of aromatic nitrogens is 1. The molecule has 0 aliphatic heterocycles. The topological polar surface area (TPSA) is 79.3 Å². The van der Waals surface area contributed by atoms with Crippen molar-refractivity contribution in [2.24, 2.45) is 0 Å². The van der Waals surface area contributed by atoms with Crippen LogP contribution >= 0.6 is 11.3 Å². The number of hydrogen-bond donors (Lipinski definition) is 2. The van der Waals surface area contributed by atoms with Crippen molar-refractivity contribution in [2.75, 3.05) is 6.54 Å². The highest BCUT2D eigenvalue weighted by molar-refractivity contribution is 7.10. The van der Waals surface area contributed by atoms with Crippen molar-refractivity contribution in [3.05, 3.63) is 16.1 Å². The molecule has 1 amide bonds. The summed E-state index contributed by atoms with van der Waals surface area (Å²) in [6.45, 7) is 6.20. The Labute approximate surface area is 104 Å². The SMILES string of the molecule is CC(C)(C)c1nc(C(=O)NCCC(=O)O)cs1. The number of carbonyl (C=O) groups is 2. The Hall–Kier alpha value is -1.43. The molecule has 94 valence electrons. The third-order valence-electron chi connectivity index (χ3n) is 2.00. The number of aliphatic carboxylic acids is 1. The van der Waals surface area contributed by atoms with Gasteiger partial charge in [-0.05, 0) is 0 Å². The molecule has 0 fully saturated rings. The monoisotopic (exact) mass is 256 g/mol. The van der Waals surface area contributed by atoms with Crippen molar-refractivity contribution in [3.63, 3.8) is 0 Å². The zero-order chi connectivity index (χ0) is 13.1. The first-order chi connectivity index (χ1) is 7.80. The second kappa shape index (κ2) is 5.27. The zero-order valence-electron chi connectivity index (χ0n) is 10.1. The highest BCUT2D eigenvalue weighted by Gasteiger charge is 2.20. The molecule has 6 heteroatoms. The largest absolute Gasteiger partial charge is 0.481 e. The van der Waals surface area contributed by atoms with E-state index in [2.05, 4.69) is 10.3 Å². The van der Waals surface area contributed by atoms with Crippen LogP contribution < -0.4 is 5.32 Å². The van der Waals surface area contributed by atoms with Crippen LogP contribution in [0.1, 0.15) is 42.7 Å². The van der Waals surface area contributed by atoms with Gasteiger partial charge < -0.3 is 10.4 Å².